The maximum Gasteiger partial charge on any atom is 0.129 e. The van der Waals surface area contributed by atoms with E-state index in [-0.39, 0.29) is 0 Å². The van der Waals surface area contributed by atoms with Gasteiger partial charge in [-0.05, 0) is 36.8 Å². The molecular formula is C18H27NO. The molecule has 0 spiro atoms. The second kappa shape index (κ2) is 10.9. The molecular weight excluding hydrogens is 246 g/mol. The zero-order valence-electron chi connectivity index (χ0n) is 13.5. The lowest BCUT2D eigenvalue weighted by Crippen LogP contribution is -1.89. The van der Waals surface area contributed by atoms with Gasteiger partial charge in [0, 0.05) is 18.8 Å². The minimum atomic E-state index is 0.845. The van der Waals surface area contributed by atoms with E-state index in [2.05, 4.69) is 18.3 Å². The second-order valence-corrected chi connectivity index (χ2v) is 3.70. The summed E-state index contributed by atoms with van der Waals surface area (Å²) in [5, 5.41) is 3.08. The largest absolute Gasteiger partial charge is 0.457 e. The summed E-state index contributed by atoms with van der Waals surface area (Å²) in [5.41, 5.74) is 2.24. The van der Waals surface area contributed by atoms with Crippen molar-refractivity contribution in [3.05, 3.63) is 54.1 Å². The van der Waals surface area contributed by atoms with Crippen molar-refractivity contribution in [2.75, 3.05) is 12.4 Å². The Morgan fingerprint density at radius 3 is 1.90 bits per heavy atom. The molecule has 0 aliphatic carbocycles. The van der Waals surface area contributed by atoms with Crippen molar-refractivity contribution >= 4 is 5.69 Å². The number of rotatable bonds is 3. The van der Waals surface area contributed by atoms with Crippen LogP contribution in [-0.4, -0.2) is 7.05 Å². The maximum atomic E-state index is 5.76. The molecule has 0 aliphatic heterocycles. The number of hydrogen-bond donors (Lipinski definition) is 1. The Morgan fingerprint density at radius 1 is 0.800 bits per heavy atom. The summed E-state index contributed by atoms with van der Waals surface area (Å²) in [6.45, 7) is 10.1. The topological polar surface area (TPSA) is 21.3 Å². The van der Waals surface area contributed by atoms with Gasteiger partial charge in [0.05, 0.1) is 0 Å². The predicted molar refractivity (Wildman–Crippen MR) is 89.9 cm³/mol. The fourth-order valence-corrected chi connectivity index (χ4v) is 1.53. The zero-order valence-corrected chi connectivity index (χ0v) is 13.5. The van der Waals surface area contributed by atoms with Gasteiger partial charge in [0.1, 0.15) is 11.5 Å². The maximum absolute atomic E-state index is 5.76. The van der Waals surface area contributed by atoms with Crippen molar-refractivity contribution in [1.82, 2.24) is 0 Å². The molecule has 2 nitrogen and oxygen atoms in total. The molecule has 0 amide bonds. The van der Waals surface area contributed by atoms with Crippen LogP contribution < -0.4 is 10.1 Å². The van der Waals surface area contributed by atoms with Gasteiger partial charge >= 0.3 is 0 Å². The fourth-order valence-electron chi connectivity index (χ4n) is 1.53. The van der Waals surface area contributed by atoms with E-state index in [4.69, 9.17) is 4.74 Å². The summed E-state index contributed by atoms with van der Waals surface area (Å²) in [6.07, 6.45) is 0. The van der Waals surface area contributed by atoms with Gasteiger partial charge in [-0.15, -0.1) is 0 Å². The molecule has 0 heterocycles. The number of ether oxygens (including phenoxy) is 1. The van der Waals surface area contributed by atoms with Gasteiger partial charge in [0.15, 0.2) is 0 Å². The first-order valence-corrected chi connectivity index (χ1v) is 7.30. The van der Waals surface area contributed by atoms with Gasteiger partial charge in [-0.2, -0.15) is 0 Å². The summed E-state index contributed by atoms with van der Waals surface area (Å²) in [7, 11) is 1.89. The van der Waals surface area contributed by atoms with Crippen LogP contribution in [0.4, 0.5) is 5.69 Å². The minimum Gasteiger partial charge on any atom is -0.457 e. The fraction of sp³-hybridized carbons (Fsp3) is 0.333. The van der Waals surface area contributed by atoms with Gasteiger partial charge in [-0.25, -0.2) is 0 Å². The Bertz CT molecular complexity index is 480. The highest BCUT2D eigenvalue weighted by molar-refractivity contribution is 5.48. The van der Waals surface area contributed by atoms with Crippen molar-refractivity contribution in [2.45, 2.75) is 34.6 Å². The van der Waals surface area contributed by atoms with Crippen molar-refractivity contribution in [3.8, 4) is 11.5 Å². The van der Waals surface area contributed by atoms with E-state index in [1.54, 1.807) is 0 Å². The highest BCUT2D eigenvalue weighted by Gasteiger charge is 1.98. The molecule has 1 N–H and O–H groups in total. The second-order valence-electron chi connectivity index (χ2n) is 3.70. The standard InChI is InChI=1S/C14H15NO.2C2H6/c1-11-5-3-7-13(9-11)16-14-8-4-6-12(10-14)15-2;2*1-2/h3-10,15H,1-2H3;2*1-2H3. The van der Waals surface area contributed by atoms with E-state index < -0.39 is 0 Å². The van der Waals surface area contributed by atoms with E-state index in [0.29, 0.717) is 0 Å². The van der Waals surface area contributed by atoms with Crippen LogP contribution in [0, 0.1) is 6.92 Å². The van der Waals surface area contributed by atoms with Crippen LogP contribution >= 0.6 is 0 Å². The van der Waals surface area contributed by atoms with Crippen molar-refractivity contribution in [3.63, 3.8) is 0 Å². The molecule has 2 aromatic carbocycles. The van der Waals surface area contributed by atoms with Crippen molar-refractivity contribution < 1.29 is 4.74 Å². The molecule has 2 rings (SSSR count). The Labute approximate surface area is 123 Å². The molecule has 0 radical (unpaired) electrons. The van der Waals surface area contributed by atoms with Gasteiger partial charge in [0.25, 0.3) is 0 Å². The third kappa shape index (κ3) is 6.28. The zero-order chi connectivity index (χ0) is 15.4. The SMILES string of the molecule is CC.CC.CNc1cccc(Oc2cccc(C)c2)c1. The summed E-state index contributed by atoms with van der Waals surface area (Å²) < 4.78 is 5.76. The van der Waals surface area contributed by atoms with E-state index in [1.807, 2.05) is 77.2 Å². The lowest BCUT2D eigenvalue weighted by molar-refractivity contribution is 0.482. The van der Waals surface area contributed by atoms with Crippen LogP contribution in [0.3, 0.4) is 0 Å². The molecule has 2 heteroatoms. The molecule has 0 saturated carbocycles. The van der Waals surface area contributed by atoms with E-state index >= 15 is 0 Å². The summed E-state index contributed by atoms with van der Waals surface area (Å²) in [5.74, 6) is 1.71. The number of benzene rings is 2. The lowest BCUT2D eigenvalue weighted by atomic mass is 10.2. The third-order valence-corrected chi connectivity index (χ3v) is 2.35. The summed E-state index contributed by atoms with van der Waals surface area (Å²) in [4.78, 5) is 0. The molecule has 0 aromatic heterocycles. The first-order chi connectivity index (χ1) is 9.78. The van der Waals surface area contributed by atoms with Crippen LogP contribution in [0.5, 0.6) is 11.5 Å². The molecule has 0 bridgehead atoms. The first kappa shape index (κ1) is 18.0. The smallest absolute Gasteiger partial charge is 0.129 e. The average Bonchev–Trinajstić information content (AvgIpc) is 2.51. The molecule has 2 aromatic rings. The molecule has 0 aliphatic rings. The van der Waals surface area contributed by atoms with Crippen LogP contribution in [0.2, 0.25) is 0 Å². The molecule has 0 unspecified atom stereocenters. The third-order valence-electron chi connectivity index (χ3n) is 2.35. The van der Waals surface area contributed by atoms with Gasteiger partial charge in [0.2, 0.25) is 0 Å². The molecule has 110 valence electrons. The highest BCUT2D eigenvalue weighted by Crippen LogP contribution is 2.24. The van der Waals surface area contributed by atoms with E-state index in [1.165, 1.54) is 5.56 Å². The van der Waals surface area contributed by atoms with Gasteiger partial charge in [-0.3, -0.25) is 0 Å². The predicted octanol–water partition coefficient (Wildman–Crippen LogP) is 5.88. The number of anilines is 1. The van der Waals surface area contributed by atoms with Crippen LogP contribution in [-0.2, 0) is 0 Å². The van der Waals surface area contributed by atoms with Crippen LogP contribution in [0.25, 0.3) is 0 Å². The van der Waals surface area contributed by atoms with E-state index in [0.717, 1.165) is 17.2 Å². The van der Waals surface area contributed by atoms with Gasteiger partial charge < -0.3 is 10.1 Å². The molecule has 0 atom stereocenters. The number of aryl methyl sites for hydroxylation is 1. The Morgan fingerprint density at radius 2 is 1.35 bits per heavy atom. The molecule has 0 saturated heterocycles. The molecule has 20 heavy (non-hydrogen) atoms. The van der Waals surface area contributed by atoms with Crippen LogP contribution in [0.1, 0.15) is 33.3 Å². The summed E-state index contributed by atoms with van der Waals surface area (Å²) in [6, 6.07) is 15.9. The Kier molecular flexibility index (Phi) is 9.85. The number of hydrogen-bond acceptors (Lipinski definition) is 2. The highest BCUT2D eigenvalue weighted by atomic mass is 16.5. The van der Waals surface area contributed by atoms with Crippen molar-refractivity contribution in [2.24, 2.45) is 0 Å². The molecule has 0 fully saturated rings. The van der Waals surface area contributed by atoms with Crippen LogP contribution in [0.15, 0.2) is 48.5 Å². The quantitative estimate of drug-likeness (QED) is 0.753. The normalized spacial score (nSPS) is 8.50. The minimum absolute atomic E-state index is 0.845. The monoisotopic (exact) mass is 273 g/mol. The average molecular weight is 273 g/mol. The summed E-state index contributed by atoms with van der Waals surface area (Å²) >= 11 is 0. The number of nitrogens with one attached hydrogen (secondary N) is 1. The Hall–Kier alpha value is -1.96. The van der Waals surface area contributed by atoms with E-state index in [9.17, 15) is 0 Å². The first-order valence-electron chi connectivity index (χ1n) is 7.30. The van der Waals surface area contributed by atoms with Gasteiger partial charge in [-0.1, -0.05) is 45.9 Å². The Balaban J connectivity index is 0.000000829. The van der Waals surface area contributed by atoms with Crippen molar-refractivity contribution in [1.29, 1.82) is 0 Å². The lowest BCUT2D eigenvalue weighted by Gasteiger charge is -2.07.